The van der Waals surface area contributed by atoms with Gasteiger partial charge in [-0.25, -0.2) is 4.79 Å². The Balaban J connectivity index is 1.18. The molecular weight excluding hydrogens is 426 g/mol. The summed E-state index contributed by atoms with van der Waals surface area (Å²) in [5.74, 6) is -0.396. The lowest BCUT2D eigenvalue weighted by Crippen LogP contribution is -2.61. The summed E-state index contributed by atoms with van der Waals surface area (Å²) in [6.45, 7) is 7.86. The predicted molar refractivity (Wildman–Crippen MR) is 133 cm³/mol. The highest BCUT2D eigenvalue weighted by Gasteiger charge is 2.48. The lowest BCUT2D eigenvalue weighted by Gasteiger charge is -2.56. The number of carbonyl (C=O) groups is 2. The zero-order valence-corrected chi connectivity index (χ0v) is 20.3. The molecule has 3 aliphatic rings. The number of primary amides is 1. The van der Waals surface area contributed by atoms with Gasteiger partial charge in [0.15, 0.2) is 0 Å². The summed E-state index contributed by atoms with van der Waals surface area (Å²) < 4.78 is 5.51. The summed E-state index contributed by atoms with van der Waals surface area (Å²) in [7, 11) is 0. The molecule has 2 aliphatic heterocycles. The molecule has 0 aromatic heterocycles. The molecule has 2 amide bonds. The van der Waals surface area contributed by atoms with Gasteiger partial charge >= 0.3 is 6.09 Å². The number of nitrogens with two attached hydrogens (primary N) is 1. The molecule has 0 radical (unpaired) electrons. The van der Waals surface area contributed by atoms with Crippen molar-refractivity contribution in [2.45, 2.75) is 58.1 Å². The highest BCUT2D eigenvalue weighted by Crippen LogP contribution is 2.48. The molecule has 180 valence electrons. The third-order valence-corrected chi connectivity index (χ3v) is 8.17. The maximum absolute atomic E-state index is 12.3. The van der Waals surface area contributed by atoms with E-state index >= 15 is 0 Å². The minimum atomic E-state index is -0.396. The van der Waals surface area contributed by atoms with Gasteiger partial charge < -0.3 is 15.4 Å². The van der Waals surface area contributed by atoms with Crippen molar-refractivity contribution in [2.24, 2.45) is 11.1 Å². The number of hydrogen-bond acceptors (Lipinski definition) is 4. The number of ether oxygens (including phenoxy) is 1. The van der Waals surface area contributed by atoms with Gasteiger partial charge in [0.25, 0.3) is 0 Å². The number of fused-ring (bicyclic) bond motifs is 1. The van der Waals surface area contributed by atoms with Gasteiger partial charge in [-0.3, -0.25) is 9.69 Å². The van der Waals surface area contributed by atoms with Crippen LogP contribution in [-0.2, 0) is 11.2 Å². The second-order valence-electron chi connectivity index (χ2n) is 10.4. The summed E-state index contributed by atoms with van der Waals surface area (Å²) in [5, 5.41) is 0. The number of aryl methyl sites for hydroxylation is 1. The Kier molecular flexibility index (Phi) is 6.11. The van der Waals surface area contributed by atoms with Crippen LogP contribution in [0.5, 0.6) is 0 Å². The molecule has 2 saturated heterocycles. The summed E-state index contributed by atoms with van der Waals surface area (Å²) in [5.41, 5.74) is 11.5. The van der Waals surface area contributed by atoms with Crippen molar-refractivity contribution in [1.29, 1.82) is 0 Å². The van der Waals surface area contributed by atoms with Crippen molar-refractivity contribution >= 4 is 12.0 Å². The van der Waals surface area contributed by atoms with Crippen LogP contribution in [0, 0.1) is 5.41 Å². The van der Waals surface area contributed by atoms with Gasteiger partial charge in [-0.05, 0) is 78.8 Å². The van der Waals surface area contributed by atoms with Crippen molar-refractivity contribution in [1.82, 2.24) is 9.80 Å². The van der Waals surface area contributed by atoms with E-state index in [1.165, 1.54) is 23.1 Å². The van der Waals surface area contributed by atoms with Gasteiger partial charge in [-0.15, -0.1) is 0 Å². The van der Waals surface area contributed by atoms with E-state index in [9.17, 15) is 9.59 Å². The minimum absolute atomic E-state index is 0.0139. The second-order valence-corrected chi connectivity index (χ2v) is 10.4. The van der Waals surface area contributed by atoms with Gasteiger partial charge in [0.2, 0.25) is 5.91 Å². The van der Waals surface area contributed by atoms with Crippen LogP contribution in [0.1, 0.15) is 67.1 Å². The Morgan fingerprint density at radius 1 is 1.09 bits per heavy atom. The van der Waals surface area contributed by atoms with Gasteiger partial charge in [0.05, 0.1) is 0 Å². The van der Waals surface area contributed by atoms with Crippen molar-refractivity contribution in [3.05, 3.63) is 59.2 Å². The number of likely N-dealkylation sites (tertiary alicyclic amines) is 2. The Hall–Kier alpha value is -2.86. The molecular formula is C28H35N3O3. The third-order valence-electron chi connectivity index (χ3n) is 8.17. The zero-order valence-electron chi connectivity index (χ0n) is 20.3. The number of carbonyl (C=O) groups excluding carboxylic acids is 2. The first-order valence-corrected chi connectivity index (χ1v) is 12.6. The van der Waals surface area contributed by atoms with Crippen molar-refractivity contribution in [3.63, 3.8) is 0 Å². The van der Waals surface area contributed by atoms with E-state index in [-0.39, 0.29) is 12.2 Å². The lowest BCUT2D eigenvalue weighted by molar-refractivity contribution is -0.0691. The van der Waals surface area contributed by atoms with E-state index in [0.29, 0.717) is 17.0 Å². The van der Waals surface area contributed by atoms with Crippen molar-refractivity contribution in [2.75, 3.05) is 26.2 Å². The molecule has 2 aromatic carbocycles. The van der Waals surface area contributed by atoms with E-state index in [2.05, 4.69) is 23.1 Å². The van der Waals surface area contributed by atoms with E-state index in [1.807, 2.05) is 30.9 Å². The highest BCUT2D eigenvalue weighted by atomic mass is 16.6. The molecule has 34 heavy (non-hydrogen) atoms. The molecule has 5 rings (SSSR count). The average molecular weight is 462 g/mol. The van der Waals surface area contributed by atoms with E-state index in [0.717, 1.165) is 57.4 Å². The normalized spacial score (nSPS) is 22.2. The monoisotopic (exact) mass is 461 g/mol. The minimum Gasteiger partial charge on any atom is -0.446 e. The fraction of sp³-hybridized carbons (Fsp3) is 0.500. The second kappa shape index (κ2) is 9.06. The highest BCUT2D eigenvalue weighted by molar-refractivity contribution is 5.93. The van der Waals surface area contributed by atoms with Crippen molar-refractivity contribution in [3.8, 4) is 11.1 Å². The first-order chi connectivity index (χ1) is 16.4. The standard InChI is InChI=1S/C28H35N3O3/c1-3-19(2)34-27(33)30-14-12-28(13-15-30)17-31(18-28)25-11-9-23-16-22(8-10-24(23)25)20-4-6-21(7-5-20)26(29)32/h4-8,10,16,19,25H,3,9,11-15,17-18H2,1-2H3,(H2,29,32)/t19?,25-/m1/s1. The smallest absolute Gasteiger partial charge is 0.410 e. The number of nitrogens with zero attached hydrogens (tertiary/aromatic N) is 2. The van der Waals surface area contributed by atoms with E-state index < -0.39 is 5.91 Å². The van der Waals surface area contributed by atoms with Crippen LogP contribution in [0.4, 0.5) is 4.79 Å². The van der Waals surface area contributed by atoms with Gasteiger partial charge in [0, 0.05) is 37.8 Å². The molecule has 2 atom stereocenters. The van der Waals surface area contributed by atoms with Crippen LogP contribution in [-0.4, -0.2) is 54.1 Å². The summed E-state index contributed by atoms with van der Waals surface area (Å²) in [6, 6.07) is 14.8. The molecule has 2 heterocycles. The quantitative estimate of drug-likeness (QED) is 0.696. The zero-order chi connectivity index (χ0) is 23.9. The molecule has 0 saturated carbocycles. The summed E-state index contributed by atoms with van der Waals surface area (Å²) >= 11 is 0. The fourth-order valence-electron chi connectivity index (χ4n) is 5.83. The number of piperidine rings is 1. The number of amides is 2. The molecule has 1 spiro atoms. The number of rotatable bonds is 5. The van der Waals surface area contributed by atoms with Crippen LogP contribution < -0.4 is 5.73 Å². The average Bonchev–Trinajstić information content (AvgIpc) is 3.25. The lowest BCUT2D eigenvalue weighted by atomic mass is 9.71. The first kappa shape index (κ1) is 22.9. The molecule has 2 N–H and O–H groups in total. The molecule has 2 fully saturated rings. The first-order valence-electron chi connectivity index (χ1n) is 12.6. The Morgan fingerprint density at radius 3 is 2.41 bits per heavy atom. The SMILES string of the molecule is CCC(C)OC(=O)N1CCC2(CC1)CN([C@@H]1CCc3cc(-c4ccc(C(N)=O)cc4)ccc31)C2. The van der Waals surface area contributed by atoms with Gasteiger partial charge in [0.1, 0.15) is 6.10 Å². The number of benzene rings is 2. The van der Waals surface area contributed by atoms with Crippen LogP contribution in [0.2, 0.25) is 0 Å². The third kappa shape index (κ3) is 4.31. The van der Waals surface area contributed by atoms with E-state index in [1.54, 1.807) is 12.1 Å². The molecule has 6 nitrogen and oxygen atoms in total. The predicted octanol–water partition coefficient (Wildman–Crippen LogP) is 4.77. The maximum Gasteiger partial charge on any atom is 0.410 e. The van der Waals surface area contributed by atoms with Crippen molar-refractivity contribution < 1.29 is 14.3 Å². The van der Waals surface area contributed by atoms with Gasteiger partial charge in [-0.2, -0.15) is 0 Å². The largest absolute Gasteiger partial charge is 0.446 e. The molecule has 1 aliphatic carbocycles. The molecule has 6 heteroatoms. The van der Waals surface area contributed by atoms with Crippen LogP contribution in [0.15, 0.2) is 42.5 Å². The molecule has 2 aromatic rings. The van der Waals surface area contributed by atoms with E-state index in [4.69, 9.17) is 10.5 Å². The van der Waals surface area contributed by atoms with Crippen LogP contribution in [0.3, 0.4) is 0 Å². The summed E-state index contributed by atoms with van der Waals surface area (Å²) in [4.78, 5) is 28.2. The Morgan fingerprint density at radius 2 is 1.76 bits per heavy atom. The summed E-state index contributed by atoms with van der Waals surface area (Å²) in [6.07, 6.45) is 5.10. The Labute approximate surface area is 202 Å². The van der Waals surface area contributed by atoms with Crippen LogP contribution >= 0.6 is 0 Å². The van der Waals surface area contributed by atoms with Gasteiger partial charge in [-0.1, -0.05) is 37.3 Å². The molecule has 1 unspecified atom stereocenters. The topological polar surface area (TPSA) is 75.9 Å². The Bertz CT molecular complexity index is 1060. The molecule has 0 bridgehead atoms. The van der Waals surface area contributed by atoms with Crippen LogP contribution in [0.25, 0.3) is 11.1 Å². The number of hydrogen-bond donors (Lipinski definition) is 1. The maximum atomic E-state index is 12.3. The fourth-order valence-corrected chi connectivity index (χ4v) is 5.83.